The summed E-state index contributed by atoms with van der Waals surface area (Å²) in [7, 11) is -3.63. The van der Waals surface area contributed by atoms with Crippen LogP contribution in [0.25, 0.3) is 0 Å². The van der Waals surface area contributed by atoms with Crippen LogP contribution in [0.1, 0.15) is 28.4 Å². The Morgan fingerprint density at radius 1 is 1.22 bits per heavy atom. The molecule has 0 saturated heterocycles. The Labute approximate surface area is 140 Å². The largest absolute Gasteiger partial charge is 0.492 e. The Morgan fingerprint density at radius 3 is 2.61 bits per heavy atom. The number of nitrogens with one attached hydrogen (secondary N) is 1. The summed E-state index contributed by atoms with van der Waals surface area (Å²) in [4.78, 5) is 13.1. The van der Waals surface area contributed by atoms with Gasteiger partial charge in [0.2, 0.25) is 10.0 Å². The van der Waals surface area contributed by atoms with Gasteiger partial charge in [0, 0.05) is 11.4 Å². The van der Waals surface area contributed by atoms with E-state index < -0.39 is 10.0 Å². The lowest BCUT2D eigenvalue weighted by molar-refractivity contribution is 0.102. The van der Waals surface area contributed by atoms with Gasteiger partial charge in [0.15, 0.2) is 5.78 Å². The molecule has 124 valence electrons. The van der Waals surface area contributed by atoms with Gasteiger partial charge >= 0.3 is 0 Å². The molecule has 0 aliphatic heterocycles. The Bertz CT molecular complexity index is 781. The average molecular weight is 353 g/mol. The number of para-hydroxylation sites is 1. The summed E-state index contributed by atoms with van der Waals surface area (Å²) in [5.41, 5.74) is 0. The third-order valence-corrected chi connectivity index (χ3v) is 5.86. The number of ketones is 1. The predicted octanol–water partition coefficient (Wildman–Crippen LogP) is 2.87. The van der Waals surface area contributed by atoms with E-state index in [1.807, 2.05) is 6.07 Å². The molecule has 0 unspecified atom stereocenters. The van der Waals surface area contributed by atoms with Gasteiger partial charge < -0.3 is 4.74 Å². The molecule has 1 N–H and O–H groups in total. The first-order chi connectivity index (χ1) is 10.9. The van der Waals surface area contributed by atoms with Gasteiger partial charge in [-0.25, -0.2) is 13.1 Å². The van der Waals surface area contributed by atoms with E-state index in [4.69, 9.17) is 4.74 Å². The van der Waals surface area contributed by atoms with Crippen molar-refractivity contribution in [1.29, 1.82) is 0 Å². The highest BCUT2D eigenvalue weighted by atomic mass is 32.2. The summed E-state index contributed by atoms with van der Waals surface area (Å²) in [6.45, 7) is 3.99. The maximum Gasteiger partial charge on any atom is 0.244 e. The molecule has 1 aromatic carbocycles. The van der Waals surface area contributed by atoms with Gasteiger partial charge in [-0.1, -0.05) is 12.1 Å². The minimum absolute atomic E-state index is 0.0208. The second kappa shape index (κ2) is 7.72. The highest BCUT2D eigenvalue weighted by molar-refractivity contribution is 7.89. The molecule has 1 heterocycles. The van der Waals surface area contributed by atoms with Crippen molar-refractivity contribution in [1.82, 2.24) is 4.72 Å². The number of hydrogen-bond acceptors (Lipinski definition) is 5. The quantitative estimate of drug-likeness (QED) is 0.741. The third-order valence-electron chi connectivity index (χ3n) is 3.11. The van der Waals surface area contributed by atoms with Crippen LogP contribution in [-0.4, -0.2) is 27.4 Å². The number of benzene rings is 1. The Hall–Kier alpha value is -1.70. The van der Waals surface area contributed by atoms with Crippen LogP contribution in [0.2, 0.25) is 0 Å². The van der Waals surface area contributed by atoms with E-state index in [1.54, 1.807) is 31.2 Å². The number of carbonyl (C=O) groups excluding carboxylic acids is 1. The van der Waals surface area contributed by atoms with E-state index in [-0.39, 0.29) is 17.2 Å². The first kappa shape index (κ1) is 17.7. The van der Waals surface area contributed by atoms with Gasteiger partial charge in [-0.05, 0) is 44.5 Å². The van der Waals surface area contributed by atoms with Crippen LogP contribution < -0.4 is 9.46 Å². The van der Waals surface area contributed by atoms with Crippen LogP contribution >= 0.6 is 11.3 Å². The fraction of sp³-hybridized carbons (Fsp3) is 0.312. The van der Waals surface area contributed by atoms with Gasteiger partial charge in [-0.3, -0.25) is 4.79 Å². The Morgan fingerprint density at radius 2 is 1.96 bits per heavy atom. The second-order valence-electron chi connectivity index (χ2n) is 4.85. The standard InChI is InChI=1S/C16H19NO4S2/c1-3-21-14-6-4-5-7-16(14)23(19,20)17-11-10-13-8-9-15(22-13)12(2)18/h4-9,17H,3,10-11H2,1-2H3. The first-order valence-electron chi connectivity index (χ1n) is 7.25. The molecule has 0 amide bonds. The van der Waals surface area contributed by atoms with Crippen molar-refractivity contribution in [3.63, 3.8) is 0 Å². The topological polar surface area (TPSA) is 72.5 Å². The van der Waals surface area contributed by atoms with Crippen LogP contribution in [0.4, 0.5) is 0 Å². The van der Waals surface area contributed by atoms with Crippen LogP contribution in [0.15, 0.2) is 41.3 Å². The summed E-state index contributed by atoms with van der Waals surface area (Å²) in [6.07, 6.45) is 0.536. The number of hydrogen-bond donors (Lipinski definition) is 1. The molecule has 0 atom stereocenters. The molecule has 0 fully saturated rings. The molecule has 23 heavy (non-hydrogen) atoms. The van der Waals surface area contributed by atoms with E-state index in [0.717, 1.165) is 4.88 Å². The molecule has 0 spiro atoms. The Kier molecular flexibility index (Phi) is 5.92. The molecule has 2 aromatic rings. The van der Waals surface area contributed by atoms with Crippen LogP contribution in [-0.2, 0) is 16.4 Å². The summed E-state index contributed by atoms with van der Waals surface area (Å²) < 4.78 is 32.7. The summed E-state index contributed by atoms with van der Waals surface area (Å²) in [6, 6.07) is 10.2. The van der Waals surface area contributed by atoms with Crippen molar-refractivity contribution in [3.8, 4) is 5.75 Å². The van der Waals surface area contributed by atoms with Crippen LogP contribution in [0.5, 0.6) is 5.75 Å². The highest BCUT2D eigenvalue weighted by Crippen LogP contribution is 2.23. The zero-order valence-electron chi connectivity index (χ0n) is 13.0. The van der Waals surface area contributed by atoms with Crippen molar-refractivity contribution >= 4 is 27.1 Å². The fourth-order valence-corrected chi connectivity index (χ4v) is 4.11. The third kappa shape index (κ3) is 4.63. The van der Waals surface area contributed by atoms with Crippen molar-refractivity contribution < 1.29 is 17.9 Å². The lowest BCUT2D eigenvalue weighted by atomic mass is 10.3. The van der Waals surface area contributed by atoms with Crippen LogP contribution in [0, 0.1) is 0 Å². The van der Waals surface area contributed by atoms with E-state index in [2.05, 4.69) is 4.72 Å². The van der Waals surface area contributed by atoms with Gasteiger partial charge in [-0.2, -0.15) is 0 Å². The van der Waals surface area contributed by atoms with Gasteiger partial charge in [0.1, 0.15) is 10.6 Å². The normalized spacial score (nSPS) is 11.4. The monoisotopic (exact) mass is 353 g/mol. The minimum Gasteiger partial charge on any atom is -0.492 e. The smallest absolute Gasteiger partial charge is 0.244 e. The number of carbonyl (C=O) groups is 1. The summed E-state index contributed by atoms with van der Waals surface area (Å²) >= 11 is 1.39. The maximum atomic E-state index is 12.4. The van der Waals surface area contributed by atoms with Crippen molar-refractivity contribution in [2.75, 3.05) is 13.2 Å². The number of thiophene rings is 1. The minimum atomic E-state index is -3.63. The molecule has 0 aliphatic carbocycles. The molecule has 0 radical (unpaired) electrons. The molecule has 0 saturated carbocycles. The molecule has 0 aliphatic rings. The first-order valence-corrected chi connectivity index (χ1v) is 9.55. The van der Waals surface area contributed by atoms with E-state index >= 15 is 0 Å². The molecule has 5 nitrogen and oxygen atoms in total. The molecule has 7 heteroatoms. The molecule has 0 bridgehead atoms. The predicted molar refractivity (Wildman–Crippen MR) is 90.8 cm³/mol. The zero-order valence-corrected chi connectivity index (χ0v) is 14.7. The second-order valence-corrected chi connectivity index (χ2v) is 7.75. The van der Waals surface area contributed by atoms with Gasteiger partial charge in [0.05, 0.1) is 11.5 Å². The zero-order chi connectivity index (χ0) is 16.9. The van der Waals surface area contributed by atoms with Crippen molar-refractivity contribution in [3.05, 3.63) is 46.2 Å². The Balaban J connectivity index is 2.02. The highest BCUT2D eigenvalue weighted by Gasteiger charge is 2.18. The van der Waals surface area contributed by atoms with Gasteiger partial charge in [-0.15, -0.1) is 11.3 Å². The number of sulfonamides is 1. The van der Waals surface area contributed by atoms with E-state index in [0.29, 0.717) is 23.7 Å². The molecule has 2 rings (SSSR count). The fourth-order valence-electron chi connectivity index (χ4n) is 2.03. The summed E-state index contributed by atoms with van der Waals surface area (Å²) in [5.74, 6) is 0.366. The van der Waals surface area contributed by atoms with Crippen LogP contribution in [0.3, 0.4) is 0 Å². The molecular weight excluding hydrogens is 334 g/mol. The van der Waals surface area contributed by atoms with E-state index in [9.17, 15) is 13.2 Å². The molecule has 1 aromatic heterocycles. The lowest BCUT2D eigenvalue weighted by Crippen LogP contribution is -2.26. The number of Topliss-reactive ketones (excluding diaryl/α,β-unsaturated/α-hetero) is 1. The van der Waals surface area contributed by atoms with E-state index in [1.165, 1.54) is 24.3 Å². The maximum absolute atomic E-state index is 12.4. The summed E-state index contributed by atoms with van der Waals surface area (Å²) in [5, 5.41) is 0. The van der Waals surface area contributed by atoms with Crippen molar-refractivity contribution in [2.45, 2.75) is 25.2 Å². The number of ether oxygens (including phenoxy) is 1. The average Bonchev–Trinajstić information content (AvgIpc) is 2.97. The SMILES string of the molecule is CCOc1ccccc1S(=O)(=O)NCCc1ccc(C(C)=O)s1. The lowest BCUT2D eigenvalue weighted by Gasteiger charge is -2.11. The number of rotatable bonds is 8. The van der Waals surface area contributed by atoms with Gasteiger partial charge in [0.25, 0.3) is 0 Å². The molecular formula is C16H19NO4S2. The van der Waals surface area contributed by atoms with Crippen molar-refractivity contribution in [2.24, 2.45) is 0 Å².